The van der Waals surface area contributed by atoms with Gasteiger partial charge in [-0.1, -0.05) is 11.6 Å². The second-order valence-electron chi connectivity index (χ2n) is 4.76. The topological polar surface area (TPSA) is 84.5 Å². The Hall–Kier alpha value is -1.85. The average molecular weight is 268 g/mol. The summed E-state index contributed by atoms with van der Waals surface area (Å²) in [5.74, 6) is -0.974. The summed E-state index contributed by atoms with van der Waals surface area (Å²) in [7, 11) is 1.28. The van der Waals surface area contributed by atoms with Crippen LogP contribution in [-0.2, 0) is 19.1 Å². The maximum atomic E-state index is 11.9. The first-order valence-corrected chi connectivity index (χ1v) is 6.25. The molecule has 0 saturated carbocycles. The maximum Gasteiger partial charge on any atom is 0.328 e. The zero-order chi connectivity index (χ0) is 14.4. The van der Waals surface area contributed by atoms with E-state index in [1.165, 1.54) is 7.11 Å². The van der Waals surface area contributed by atoms with E-state index in [9.17, 15) is 14.4 Å². The minimum atomic E-state index is -0.718. The molecule has 6 nitrogen and oxygen atoms in total. The van der Waals surface area contributed by atoms with E-state index >= 15 is 0 Å². The van der Waals surface area contributed by atoms with E-state index in [4.69, 9.17) is 0 Å². The lowest BCUT2D eigenvalue weighted by atomic mass is 10.1. The van der Waals surface area contributed by atoms with Gasteiger partial charge in [-0.05, 0) is 26.7 Å². The first-order chi connectivity index (χ1) is 8.93. The molecule has 2 amide bonds. The summed E-state index contributed by atoms with van der Waals surface area (Å²) in [4.78, 5) is 34.6. The fourth-order valence-electron chi connectivity index (χ4n) is 1.79. The van der Waals surface area contributed by atoms with Gasteiger partial charge in [0.15, 0.2) is 0 Å². The number of methoxy groups -OCH3 is 1. The molecule has 1 heterocycles. The Balaban J connectivity index is 2.61. The summed E-state index contributed by atoms with van der Waals surface area (Å²) < 4.78 is 4.66. The number of esters is 1. The molecule has 2 N–H and O–H groups in total. The van der Waals surface area contributed by atoms with E-state index in [-0.39, 0.29) is 11.8 Å². The Bertz CT molecular complexity index is 399. The van der Waals surface area contributed by atoms with Crippen LogP contribution in [0.2, 0.25) is 0 Å². The van der Waals surface area contributed by atoms with Crippen molar-refractivity contribution >= 4 is 17.8 Å². The van der Waals surface area contributed by atoms with Gasteiger partial charge in [-0.3, -0.25) is 9.59 Å². The van der Waals surface area contributed by atoms with Gasteiger partial charge >= 0.3 is 5.97 Å². The molecule has 0 aliphatic carbocycles. The standard InChI is InChI=1S/C13H20N2O4/c1-8(2)4-5-10(13(18)19-3)15-12(17)9-6-7-11(16)14-9/h4,9-10H,5-7H2,1-3H3,(H,14,16)(H,15,17)/t9-,10+/m1/s1. The fourth-order valence-corrected chi connectivity index (χ4v) is 1.79. The third-order valence-corrected chi connectivity index (χ3v) is 2.88. The molecule has 0 aromatic carbocycles. The van der Waals surface area contributed by atoms with Gasteiger partial charge < -0.3 is 15.4 Å². The monoisotopic (exact) mass is 268 g/mol. The van der Waals surface area contributed by atoms with Gasteiger partial charge in [-0.15, -0.1) is 0 Å². The summed E-state index contributed by atoms with van der Waals surface area (Å²) in [5, 5.41) is 5.18. The summed E-state index contributed by atoms with van der Waals surface area (Å²) in [5.41, 5.74) is 1.05. The summed E-state index contributed by atoms with van der Waals surface area (Å²) >= 11 is 0. The molecular formula is C13H20N2O4. The highest BCUT2D eigenvalue weighted by Gasteiger charge is 2.30. The van der Waals surface area contributed by atoms with Crippen molar-refractivity contribution in [3.63, 3.8) is 0 Å². The Kier molecular flexibility index (Phi) is 5.54. The Morgan fingerprint density at radius 1 is 1.53 bits per heavy atom. The fraction of sp³-hybridized carbons (Fsp3) is 0.615. The van der Waals surface area contributed by atoms with E-state index in [2.05, 4.69) is 15.4 Å². The number of amides is 2. The van der Waals surface area contributed by atoms with Crippen molar-refractivity contribution in [2.75, 3.05) is 7.11 Å². The first-order valence-electron chi connectivity index (χ1n) is 6.25. The number of nitrogens with one attached hydrogen (secondary N) is 2. The quantitative estimate of drug-likeness (QED) is 0.554. The molecule has 1 fully saturated rings. The zero-order valence-corrected chi connectivity index (χ0v) is 11.5. The van der Waals surface area contributed by atoms with Crippen molar-refractivity contribution in [2.45, 2.75) is 45.2 Å². The second kappa shape index (κ2) is 6.92. The molecular weight excluding hydrogens is 248 g/mol. The van der Waals surface area contributed by atoms with Crippen LogP contribution in [0.1, 0.15) is 33.1 Å². The molecule has 2 atom stereocenters. The van der Waals surface area contributed by atoms with Gasteiger partial charge in [0.2, 0.25) is 11.8 Å². The van der Waals surface area contributed by atoms with Crippen molar-refractivity contribution in [2.24, 2.45) is 0 Å². The molecule has 1 saturated heterocycles. The number of hydrogen-bond acceptors (Lipinski definition) is 4. The van der Waals surface area contributed by atoms with Crippen LogP contribution in [-0.4, -0.2) is 37.0 Å². The van der Waals surface area contributed by atoms with Gasteiger partial charge in [0, 0.05) is 6.42 Å². The van der Waals surface area contributed by atoms with Crippen molar-refractivity contribution < 1.29 is 19.1 Å². The van der Waals surface area contributed by atoms with Crippen molar-refractivity contribution in [3.8, 4) is 0 Å². The number of carbonyl (C=O) groups excluding carboxylic acids is 3. The van der Waals surface area contributed by atoms with Crippen LogP contribution in [0.4, 0.5) is 0 Å². The van der Waals surface area contributed by atoms with E-state index in [0.29, 0.717) is 19.3 Å². The van der Waals surface area contributed by atoms with Crippen LogP contribution in [0.5, 0.6) is 0 Å². The molecule has 19 heavy (non-hydrogen) atoms. The number of hydrogen-bond donors (Lipinski definition) is 2. The Morgan fingerprint density at radius 2 is 2.21 bits per heavy atom. The van der Waals surface area contributed by atoms with Crippen molar-refractivity contribution in [3.05, 3.63) is 11.6 Å². The molecule has 0 bridgehead atoms. The van der Waals surface area contributed by atoms with Gasteiger partial charge in [-0.2, -0.15) is 0 Å². The summed E-state index contributed by atoms with van der Waals surface area (Å²) in [6.45, 7) is 3.82. The molecule has 0 spiro atoms. The van der Waals surface area contributed by atoms with Crippen molar-refractivity contribution in [1.29, 1.82) is 0 Å². The summed E-state index contributed by atoms with van der Waals surface area (Å²) in [6.07, 6.45) is 3.03. The second-order valence-corrected chi connectivity index (χ2v) is 4.76. The molecule has 1 aliphatic heterocycles. The minimum Gasteiger partial charge on any atom is -0.467 e. The summed E-state index contributed by atoms with van der Waals surface area (Å²) in [6, 6.07) is -1.27. The van der Waals surface area contributed by atoms with E-state index < -0.39 is 18.1 Å². The van der Waals surface area contributed by atoms with Gasteiger partial charge in [0.25, 0.3) is 0 Å². The molecule has 1 rings (SSSR count). The Labute approximate surface area is 112 Å². The minimum absolute atomic E-state index is 0.140. The third-order valence-electron chi connectivity index (χ3n) is 2.88. The molecule has 0 radical (unpaired) electrons. The van der Waals surface area contributed by atoms with Gasteiger partial charge in [-0.25, -0.2) is 4.79 Å². The number of allylic oxidation sites excluding steroid dienone is 1. The van der Waals surface area contributed by atoms with Crippen LogP contribution in [0.25, 0.3) is 0 Å². The lowest BCUT2D eigenvalue weighted by Crippen LogP contribution is -2.48. The predicted molar refractivity (Wildman–Crippen MR) is 69.2 cm³/mol. The maximum absolute atomic E-state index is 11.9. The molecule has 1 aliphatic rings. The lowest BCUT2D eigenvalue weighted by Gasteiger charge is -2.17. The van der Waals surface area contributed by atoms with Crippen molar-refractivity contribution in [1.82, 2.24) is 10.6 Å². The number of ether oxygens (including phenoxy) is 1. The van der Waals surface area contributed by atoms with E-state index in [1.54, 1.807) is 0 Å². The third kappa shape index (κ3) is 4.73. The highest BCUT2D eigenvalue weighted by atomic mass is 16.5. The smallest absolute Gasteiger partial charge is 0.328 e. The van der Waals surface area contributed by atoms with Crippen LogP contribution in [0.15, 0.2) is 11.6 Å². The van der Waals surface area contributed by atoms with Gasteiger partial charge in [0.1, 0.15) is 12.1 Å². The molecule has 0 unspecified atom stereocenters. The van der Waals surface area contributed by atoms with E-state index in [1.807, 2.05) is 19.9 Å². The molecule has 6 heteroatoms. The Morgan fingerprint density at radius 3 is 2.68 bits per heavy atom. The van der Waals surface area contributed by atoms with Crippen LogP contribution < -0.4 is 10.6 Å². The zero-order valence-electron chi connectivity index (χ0n) is 11.5. The lowest BCUT2D eigenvalue weighted by molar-refractivity contribution is -0.145. The first kappa shape index (κ1) is 15.2. The molecule has 106 valence electrons. The number of carbonyl (C=O) groups is 3. The van der Waals surface area contributed by atoms with Crippen LogP contribution in [0, 0.1) is 0 Å². The average Bonchev–Trinajstić information content (AvgIpc) is 2.79. The predicted octanol–water partition coefficient (Wildman–Crippen LogP) is 0.279. The number of rotatable bonds is 5. The highest BCUT2D eigenvalue weighted by molar-refractivity contribution is 5.93. The largest absolute Gasteiger partial charge is 0.467 e. The molecule has 0 aromatic heterocycles. The van der Waals surface area contributed by atoms with Crippen LogP contribution >= 0.6 is 0 Å². The van der Waals surface area contributed by atoms with E-state index in [0.717, 1.165) is 5.57 Å². The SMILES string of the molecule is COC(=O)[C@H](CC=C(C)C)NC(=O)[C@H]1CCC(=O)N1. The molecule has 0 aromatic rings. The van der Waals surface area contributed by atoms with Crippen LogP contribution in [0.3, 0.4) is 0 Å². The highest BCUT2D eigenvalue weighted by Crippen LogP contribution is 2.08. The van der Waals surface area contributed by atoms with Gasteiger partial charge in [0.05, 0.1) is 7.11 Å². The normalized spacial score (nSPS) is 19.3.